The van der Waals surface area contributed by atoms with Gasteiger partial charge in [-0.25, -0.2) is 17.8 Å². The smallest absolute Gasteiger partial charge is 0.244 e. The number of para-hydroxylation sites is 2. The lowest BCUT2D eigenvalue weighted by Gasteiger charge is -2.13. The number of sulfonamides is 1. The summed E-state index contributed by atoms with van der Waals surface area (Å²) in [6, 6.07) is 11.0. The van der Waals surface area contributed by atoms with Gasteiger partial charge in [0.05, 0.1) is 17.1 Å². The Balaban J connectivity index is 1.73. The summed E-state index contributed by atoms with van der Waals surface area (Å²) >= 11 is 0. The molecule has 0 spiro atoms. The van der Waals surface area contributed by atoms with Crippen molar-refractivity contribution in [3.8, 4) is 0 Å². The molecule has 0 bridgehead atoms. The van der Waals surface area contributed by atoms with Crippen LogP contribution in [-0.2, 0) is 14.8 Å². The topological polar surface area (TPSA) is 104 Å². The minimum absolute atomic E-state index is 0.197. The Morgan fingerprint density at radius 3 is 2.56 bits per heavy atom. The molecule has 1 unspecified atom stereocenters. The van der Waals surface area contributed by atoms with Gasteiger partial charge in [-0.2, -0.15) is 4.72 Å². The maximum atomic E-state index is 13.7. The lowest BCUT2D eigenvalue weighted by atomic mass is 10.3. The summed E-state index contributed by atoms with van der Waals surface area (Å²) in [4.78, 5) is 18.8. The number of hydrogen-bond donors (Lipinski definition) is 3. The molecular weight excluding hydrogens is 347 g/mol. The van der Waals surface area contributed by atoms with Crippen molar-refractivity contribution in [2.75, 3.05) is 5.32 Å². The van der Waals surface area contributed by atoms with Crippen molar-refractivity contribution in [1.29, 1.82) is 0 Å². The number of amides is 1. The van der Waals surface area contributed by atoms with Gasteiger partial charge in [-0.3, -0.25) is 10.1 Å². The maximum Gasteiger partial charge on any atom is 0.244 e. The molecular formula is C16H15FN4O3S. The average Bonchev–Trinajstić information content (AvgIpc) is 2.96. The molecule has 0 aliphatic carbocycles. The van der Waals surface area contributed by atoms with E-state index >= 15 is 0 Å². The van der Waals surface area contributed by atoms with E-state index in [4.69, 9.17) is 0 Å². The van der Waals surface area contributed by atoms with Crippen LogP contribution >= 0.6 is 0 Å². The van der Waals surface area contributed by atoms with Crippen molar-refractivity contribution in [2.45, 2.75) is 17.9 Å². The number of carbonyl (C=O) groups is 1. The predicted octanol–water partition coefficient (Wildman–Crippen LogP) is 2.01. The molecule has 1 atom stereocenters. The molecule has 3 rings (SSSR count). The Hall–Kier alpha value is -2.78. The lowest BCUT2D eigenvalue weighted by molar-refractivity contribution is -0.117. The number of halogens is 1. The standard InChI is InChI=1S/C16H15FN4O3S/c1-10(21-25(23,24)14-9-5-2-6-11(14)17)15(22)20-16-18-12-7-3-4-8-13(12)19-16/h2-10,21H,1H3,(H2,18,19,20,22). The third-order valence-electron chi connectivity index (χ3n) is 3.48. The Morgan fingerprint density at radius 1 is 1.16 bits per heavy atom. The van der Waals surface area contributed by atoms with Crippen molar-refractivity contribution >= 4 is 32.9 Å². The molecule has 3 aromatic rings. The molecule has 0 aliphatic rings. The van der Waals surface area contributed by atoms with Crippen molar-refractivity contribution in [3.63, 3.8) is 0 Å². The van der Waals surface area contributed by atoms with Gasteiger partial charge < -0.3 is 4.98 Å². The van der Waals surface area contributed by atoms with Gasteiger partial charge in [0.1, 0.15) is 10.7 Å². The molecule has 0 fully saturated rings. The number of rotatable bonds is 5. The third-order valence-corrected chi connectivity index (χ3v) is 5.06. The van der Waals surface area contributed by atoms with Crippen molar-refractivity contribution in [1.82, 2.24) is 14.7 Å². The zero-order valence-electron chi connectivity index (χ0n) is 13.2. The summed E-state index contributed by atoms with van der Waals surface area (Å²) in [6.07, 6.45) is 0. The van der Waals surface area contributed by atoms with E-state index in [-0.39, 0.29) is 5.95 Å². The highest BCUT2D eigenvalue weighted by molar-refractivity contribution is 7.89. The Morgan fingerprint density at radius 2 is 1.84 bits per heavy atom. The van der Waals surface area contributed by atoms with E-state index in [0.29, 0.717) is 5.52 Å². The molecule has 0 radical (unpaired) electrons. The fraction of sp³-hybridized carbons (Fsp3) is 0.125. The average molecular weight is 362 g/mol. The highest BCUT2D eigenvalue weighted by atomic mass is 32.2. The molecule has 1 amide bonds. The van der Waals surface area contributed by atoms with Crippen LogP contribution in [0.2, 0.25) is 0 Å². The summed E-state index contributed by atoms with van der Waals surface area (Å²) < 4.78 is 40.2. The monoisotopic (exact) mass is 362 g/mol. The van der Waals surface area contributed by atoms with E-state index < -0.39 is 32.7 Å². The normalized spacial score (nSPS) is 12.9. The fourth-order valence-electron chi connectivity index (χ4n) is 2.25. The van der Waals surface area contributed by atoms with Crippen LogP contribution in [0.15, 0.2) is 53.4 Å². The second-order valence-corrected chi connectivity index (χ2v) is 7.05. The number of fused-ring (bicyclic) bond motifs is 1. The van der Waals surface area contributed by atoms with Crippen LogP contribution in [-0.4, -0.2) is 30.3 Å². The molecule has 3 N–H and O–H groups in total. The van der Waals surface area contributed by atoms with Gasteiger partial charge in [-0.05, 0) is 31.2 Å². The van der Waals surface area contributed by atoms with Gasteiger partial charge in [0.25, 0.3) is 0 Å². The van der Waals surface area contributed by atoms with Gasteiger partial charge in [0, 0.05) is 0 Å². The first-order chi connectivity index (χ1) is 11.9. The zero-order chi connectivity index (χ0) is 18.0. The number of benzene rings is 2. The van der Waals surface area contributed by atoms with Crippen molar-refractivity contribution < 1.29 is 17.6 Å². The molecule has 130 valence electrons. The first kappa shape index (κ1) is 17.1. The molecule has 9 heteroatoms. The summed E-state index contributed by atoms with van der Waals surface area (Å²) in [7, 11) is -4.17. The number of nitrogens with zero attached hydrogens (tertiary/aromatic N) is 1. The second kappa shape index (κ2) is 6.61. The van der Waals surface area contributed by atoms with Gasteiger partial charge in [0.2, 0.25) is 21.9 Å². The molecule has 0 saturated heterocycles. The van der Waals surface area contributed by atoms with Crippen LogP contribution < -0.4 is 10.0 Å². The molecule has 1 aromatic heterocycles. The number of hydrogen-bond acceptors (Lipinski definition) is 4. The number of aromatic amines is 1. The highest BCUT2D eigenvalue weighted by Crippen LogP contribution is 2.15. The second-order valence-electron chi connectivity index (χ2n) is 5.37. The van der Waals surface area contributed by atoms with Gasteiger partial charge in [0.15, 0.2) is 0 Å². The number of nitrogens with one attached hydrogen (secondary N) is 3. The minimum atomic E-state index is -4.17. The van der Waals surface area contributed by atoms with Crippen molar-refractivity contribution in [3.05, 3.63) is 54.3 Å². The van der Waals surface area contributed by atoms with Gasteiger partial charge in [-0.1, -0.05) is 24.3 Å². The summed E-state index contributed by atoms with van der Waals surface area (Å²) in [6.45, 7) is 1.36. The Bertz CT molecular complexity index is 1000. The maximum absolute atomic E-state index is 13.7. The molecule has 2 aromatic carbocycles. The van der Waals surface area contributed by atoms with E-state index in [1.807, 2.05) is 6.07 Å². The number of anilines is 1. The van der Waals surface area contributed by atoms with Crippen LogP contribution in [0.4, 0.5) is 10.3 Å². The Labute approximate surface area is 143 Å². The first-order valence-electron chi connectivity index (χ1n) is 7.39. The number of carbonyl (C=O) groups excluding carboxylic acids is 1. The van der Waals surface area contributed by atoms with E-state index in [2.05, 4.69) is 20.0 Å². The van der Waals surface area contributed by atoms with Gasteiger partial charge in [-0.15, -0.1) is 0 Å². The lowest BCUT2D eigenvalue weighted by Crippen LogP contribution is -2.41. The summed E-state index contributed by atoms with van der Waals surface area (Å²) in [5.41, 5.74) is 1.40. The highest BCUT2D eigenvalue weighted by Gasteiger charge is 2.24. The predicted molar refractivity (Wildman–Crippen MR) is 90.9 cm³/mol. The van der Waals surface area contributed by atoms with E-state index in [0.717, 1.165) is 17.6 Å². The largest absolute Gasteiger partial charge is 0.324 e. The molecule has 0 saturated carbocycles. The van der Waals surface area contributed by atoms with E-state index in [1.54, 1.807) is 18.2 Å². The van der Waals surface area contributed by atoms with Crippen LogP contribution in [0.3, 0.4) is 0 Å². The number of H-pyrrole nitrogens is 1. The Kier molecular flexibility index (Phi) is 4.51. The van der Waals surface area contributed by atoms with Crippen LogP contribution in [0.5, 0.6) is 0 Å². The fourth-order valence-corrected chi connectivity index (χ4v) is 3.53. The molecule has 0 aliphatic heterocycles. The number of aromatic nitrogens is 2. The molecule has 1 heterocycles. The van der Waals surface area contributed by atoms with Crippen LogP contribution in [0, 0.1) is 5.82 Å². The van der Waals surface area contributed by atoms with E-state index in [1.165, 1.54) is 19.1 Å². The van der Waals surface area contributed by atoms with Crippen molar-refractivity contribution in [2.24, 2.45) is 0 Å². The zero-order valence-corrected chi connectivity index (χ0v) is 14.0. The van der Waals surface area contributed by atoms with Gasteiger partial charge >= 0.3 is 0 Å². The van der Waals surface area contributed by atoms with Crippen LogP contribution in [0.1, 0.15) is 6.92 Å². The first-order valence-corrected chi connectivity index (χ1v) is 8.87. The molecule has 7 nitrogen and oxygen atoms in total. The number of imidazole rings is 1. The summed E-state index contributed by atoms with van der Waals surface area (Å²) in [5.74, 6) is -1.32. The SMILES string of the molecule is CC(NS(=O)(=O)c1ccccc1F)C(=O)Nc1nc2ccccc2[nH]1. The van der Waals surface area contributed by atoms with E-state index in [9.17, 15) is 17.6 Å². The van der Waals surface area contributed by atoms with Crippen LogP contribution in [0.25, 0.3) is 11.0 Å². The quantitative estimate of drug-likeness (QED) is 0.646. The minimum Gasteiger partial charge on any atom is -0.324 e. The summed E-state index contributed by atoms with van der Waals surface area (Å²) in [5, 5.41) is 2.49. The third kappa shape index (κ3) is 3.67. The molecule has 25 heavy (non-hydrogen) atoms.